The number of esters is 1. The topological polar surface area (TPSA) is 90.7 Å². The van der Waals surface area contributed by atoms with Crippen molar-refractivity contribution in [3.8, 4) is 0 Å². The third kappa shape index (κ3) is 4.24. The number of benzene rings is 1. The molecule has 1 aromatic rings. The summed E-state index contributed by atoms with van der Waals surface area (Å²) >= 11 is 0. The van der Waals surface area contributed by atoms with E-state index in [2.05, 4.69) is 5.32 Å². The molecule has 2 amide bonds. The van der Waals surface area contributed by atoms with Crippen molar-refractivity contribution in [2.45, 2.75) is 25.4 Å². The van der Waals surface area contributed by atoms with Crippen LogP contribution in [0.1, 0.15) is 29.6 Å². The van der Waals surface area contributed by atoms with Gasteiger partial charge in [0.15, 0.2) is 0 Å². The summed E-state index contributed by atoms with van der Waals surface area (Å²) in [4.78, 5) is 22.7. The lowest BCUT2D eigenvalue weighted by Gasteiger charge is -2.22. The molecule has 1 fully saturated rings. The van der Waals surface area contributed by atoms with Crippen LogP contribution in [0, 0.1) is 0 Å². The summed E-state index contributed by atoms with van der Waals surface area (Å²) in [6.07, 6.45) is 3.06. The van der Waals surface area contributed by atoms with Gasteiger partial charge in [0, 0.05) is 12.3 Å². The van der Waals surface area contributed by atoms with Crippen LogP contribution in [-0.2, 0) is 9.47 Å². The van der Waals surface area contributed by atoms with Crippen molar-refractivity contribution in [3.05, 3.63) is 29.8 Å². The number of nitrogens with two attached hydrogens (primary N) is 1. The van der Waals surface area contributed by atoms with Crippen LogP contribution in [0.25, 0.3) is 0 Å². The van der Waals surface area contributed by atoms with Gasteiger partial charge in [0.1, 0.15) is 6.61 Å². The van der Waals surface area contributed by atoms with Gasteiger partial charge in [-0.25, -0.2) is 9.59 Å². The Kier molecular flexibility index (Phi) is 4.95. The van der Waals surface area contributed by atoms with Crippen LogP contribution < -0.4 is 11.1 Å². The van der Waals surface area contributed by atoms with Crippen LogP contribution in [0.5, 0.6) is 0 Å². The van der Waals surface area contributed by atoms with Gasteiger partial charge in [0.2, 0.25) is 0 Å². The van der Waals surface area contributed by atoms with Crippen LogP contribution in [0.15, 0.2) is 24.3 Å². The van der Waals surface area contributed by atoms with Gasteiger partial charge >= 0.3 is 12.0 Å². The van der Waals surface area contributed by atoms with E-state index in [0.29, 0.717) is 11.3 Å². The van der Waals surface area contributed by atoms with E-state index in [-0.39, 0.29) is 12.7 Å². The summed E-state index contributed by atoms with van der Waals surface area (Å²) in [5, 5.41) is 2.41. The summed E-state index contributed by atoms with van der Waals surface area (Å²) in [7, 11) is 0. The minimum atomic E-state index is -0.675. The second-order valence-corrected chi connectivity index (χ2v) is 4.66. The average Bonchev–Trinajstić information content (AvgIpc) is 2.45. The minimum absolute atomic E-state index is 0.0142. The highest BCUT2D eigenvalue weighted by atomic mass is 16.6. The number of primary amides is 1. The lowest BCUT2D eigenvalue weighted by Crippen LogP contribution is -2.26. The van der Waals surface area contributed by atoms with Crippen LogP contribution in [-0.4, -0.2) is 31.3 Å². The molecule has 0 spiro atoms. The molecule has 0 saturated carbocycles. The fourth-order valence-electron chi connectivity index (χ4n) is 2.06. The van der Waals surface area contributed by atoms with E-state index >= 15 is 0 Å². The quantitative estimate of drug-likeness (QED) is 0.823. The normalized spacial score (nSPS) is 18.3. The molecule has 3 N–H and O–H groups in total. The predicted molar refractivity (Wildman–Crippen MR) is 73.5 cm³/mol. The van der Waals surface area contributed by atoms with E-state index in [1.165, 1.54) is 6.07 Å². The fraction of sp³-hybridized carbons (Fsp3) is 0.429. The van der Waals surface area contributed by atoms with Crippen molar-refractivity contribution in [1.29, 1.82) is 0 Å². The monoisotopic (exact) mass is 278 g/mol. The van der Waals surface area contributed by atoms with E-state index in [0.717, 1.165) is 25.9 Å². The summed E-state index contributed by atoms with van der Waals surface area (Å²) in [5.41, 5.74) is 5.85. The predicted octanol–water partition coefficient (Wildman–Crippen LogP) is 1.90. The smallest absolute Gasteiger partial charge is 0.338 e. The molecule has 0 aromatic heterocycles. The first-order chi connectivity index (χ1) is 9.65. The maximum absolute atomic E-state index is 11.9. The number of anilines is 1. The first-order valence-electron chi connectivity index (χ1n) is 6.60. The largest absolute Gasteiger partial charge is 0.459 e. The maximum Gasteiger partial charge on any atom is 0.338 e. The third-order valence-electron chi connectivity index (χ3n) is 3.04. The molecule has 0 radical (unpaired) electrons. The minimum Gasteiger partial charge on any atom is -0.459 e. The molecular formula is C14H18N2O4. The number of ether oxygens (including phenoxy) is 2. The summed E-state index contributed by atoms with van der Waals surface area (Å²) < 4.78 is 10.7. The molecule has 1 aliphatic rings. The molecule has 1 heterocycles. The van der Waals surface area contributed by atoms with Gasteiger partial charge in [-0.05, 0) is 37.5 Å². The Bertz CT molecular complexity index is 484. The first-order valence-corrected chi connectivity index (χ1v) is 6.60. The number of carbonyl (C=O) groups excluding carboxylic acids is 2. The van der Waals surface area contributed by atoms with Crippen LogP contribution in [0.4, 0.5) is 10.5 Å². The Morgan fingerprint density at radius 3 is 2.95 bits per heavy atom. The third-order valence-corrected chi connectivity index (χ3v) is 3.04. The second kappa shape index (κ2) is 6.91. The lowest BCUT2D eigenvalue weighted by molar-refractivity contribution is -0.0300. The van der Waals surface area contributed by atoms with Gasteiger partial charge in [-0.2, -0.15) is 0 Å². The highest BCUT2D eigenvalue weighted by Crippen LogP contribution is 2.15. The molecular weight excluding hydrogens is 260 g/mol. The van der Waals surface area contributed by atoms with Crippen molar-refractivity contribution in [2.75, 3.05) is 18.5 Å². The molecule has 6 nitrogen and oxygen atoms in total. The Morgan fingerprint density at radius 2 is 2.25 bits per heavy atom. The Balaban J connectivity index is 1.89. The lowest BCUT2D eigenvalue weighted by atomic mass is 10.1. The van der Waals surface area contributed by atoms with Gasteiger partial charge in [0.25, 0.3) is 0 Å². The number of amides is 2. The summed E-state index contributed by atoms with van der Waals surface area (Å²) in [5.74, 6) is -0.438. The van der Waals surface area contributed by atoms with Crippen molar-refractivity contribution < 1.29 is 19.1 Å². The molecule has 1 aliphatic heterocycles. The zero-order valence-corrected chi connectivity index (χ0v) is 11.1. The van der Waals surface area contributed by atoms with Gasteiger partial charge in [-0.1, -0.05) is 6.07 Å². The molecule has 1 saturated heterocycles. The van der Waals surface area contributed by atoms with Crippen molar-refractivity contribution in [3.63, 3.8) is 0 Å². The molecule has 1 unspecified atom stereocenters. The van der Waals surface area contributed by atoms with E-state index in [1.54, 1.807) is 18.2 Å². The number of rotatable bonds is 4. The van der Waals surface area contributed by atoms with Gasteiger partial charge in [-0.3, -0.25) is 0 Å². The highest BCUT2D eigenvalue weighted by Gasteiger charge is 2.17. The zero-order chi connectivity index (χ0) is 14.4. The number of hydrogen-bond acceptors (Lipinski definition) is 4. The molecule has 0 bridgehead atoms. The van der Waals surface area contributed by atoms with Gasteiger partial charge in [-0.15, -0.1) is 0 Å². The van der Waals surface area contributed by atoms with Gasteiger partial charge in [0.05, 0.1) is 11.7 Å². The number of hydrogen-bond donors (Lipinski definition) is 2. The molecule has 108 valence electrons. The molecule has 6 heteroatoms. The summed E-state index contributed by atoms with van der Waals surface area (Å²) in [6, 6.07) is 5.77. The van der Waals surface area contributed by atoms with E-state index < -0.39 is 12.0 Å². The van der Waals surface area contributed by atoms with Crippen LogP contribution in [0.2, 0.25) is 0 Å². The molecule has 1 atom stereocenters. The van der Waals surface area contributed by atoms with Crippen LogP contribution in [0.3, 0.4) is 0 Å². The number of nitrogens with one attached hydrogen (secondary N) is 1. The SMILES string of the molecule is NC(=O)Nc1cccc(C(=O)OCC2CCCCO2)c1. The van der Waals surface area contributed by atoms with Crippen LogP contribution >= 0.6 is 0 Å². The highest BCUT2D eigenvalue weighted by molar-refractivity contribution is 5.93. The molecule has 0 aliphatic carbocycles. The average molecular weight is 278 g/mol. The number of carbonyl (C=O) groups is 2. The first kappa shape index (κ1) is 14.3. The standard InChI is InChI=1S/C14H18N2O4/c15-14(18)16-11-5-3-4-10(8-11)13(17)20-9-12-6-1-2-7-19-12/h3-5,8,12H,1-2,6-7,9H2,(H3,15,16,18). The Labute approximate surface area is 117 Å². The van der Waals surface area contributed by atoms with Crippen molar-refractivity contribution >= 4 is 17.7 Å². The zero-order valence-electron chi connectivity index (χ0n) is 11.1. The van der Waals surface area contributed by atoms with Gasteiger partial charge < -0.3 is 20.5 Å². The van der Waals surface area contributed by atoms with Crippen molar-refractivity contribution in [1.82, 2.24) is 0 Å². The fourth-order valence-corrected chi connectivity index (χ4v) is 2.06. The molecule has 2 rings (SSSR count). The number of urea groups is 1. The van der Waals surface area contributed by atoms with E-state index in [4.69, 9.17) is 15.2 Å². The summed E-state index contributed by atoms with van der Waals surface area (Å²) in [6.45, 7) is 0.979. The molecule has 20 heavy (non-hydrogen) atoms. The van der Waals surface area contributed by atoms with E-state index in [1.807, 2.05) is 0 Å². The second-order valence-electron chi connectivity index (χ2n) is 4.66. The Hall–Kier alpha value is -2.08. The molecule has 1 aromatic carbocycles. The van der Waals surface area contributed by atoms with Crippen molar-refractivity contribution in [2.24, 2.45) is 5.73 Å². The Morgan fingerprint density at radius 1 is 1.40 bits per heavy atom. The van der Waals surface area contributed by atoms with E-state index in [9.17, 15) is 9.59 Å². The maximum atomic E-state index is 11.9.